The van der Waals surface area contributed by atoms with Crippen LogP contribution in [0.25, 0.3) is 0 Å². The largest absolute Gasteiger partial charge is 0.484 e. The van der Waals surface area contributed by atoms with Gasteiger partial charge in [0, 0.05) is 24.1 Å². The Morgan fingerprint density at radius 1 is 1.09 bits per heavy atom. The van der Waals surface area contributed by atoms with Gasteiger partial charge in [-0.3, -0.25) is 4.79 Å². The maximum absolute atomic E-state index is 14.2. The van der Waals surface area contributed by atoms with Crippen molar-refractivity contribution in [2.45, 2.75) is 72.0 Å². The number of sulfone groups is 1. The molecule has 230 valence electrons. The quantitative estimate of drug-likeness (QED) is 0.394. The lowest BCUT2D eigenvalue weighted by Gasteiger charge is -2.44. The lowest BCUT2D eigenvalue weighted by molar-refractivity contribution is -0.153. The van der Waals surface area contributed by atoms with E-state index in [2.05, 4.69) is 10.1 Å². The number of ether oxygens (including phenoxy) is 2. The molecule has 0 spiro atoms. The summed E-state index contributed by atoms with van der Waals surface area (Å²) in [6.07, 6.45) is -4.54. The van der Waals surface area contributed by atoms with Crippen LogP contribution in [0.5, 0.6) is 5.75 Å². The predicted molar refractivity (Wildman–Crippen MR) is 148 cm³/mol. The van der Waals surface area contributed by atoms with E-state index in [0.29, 0.717) is 36.3 Å². The molecule has 2 saturated carbocycles. The number of nitriles is 1. The maximum atomic E-state index is 14.2. The summed E-state index contributed by atoms with van der Waals surface area (Å²) in [5.41, 5.74) is -1.33. The van der Waals surface area contributed by atoms with Crippen LogP contribution in [-0.4, -0.2) is 61.7 Å². The highest BCUT2D eigenvalue weighted by molar-refractivity contribution is 7.92. The Kier molecular flexibility index (Phi) is 8.26. The third-order valence-corrected chi connectivity index (χ3v) is 11.0. The Balaban J connectivity index is 1.42. The van der Waals surface area contributed by atoms with Gasteiger partial charge in [-0.25, -0.2) is 13.2 Å². The summed E-state index contributed by atoms with van der Waals surface area (Å²) in [5, 5.41) is 10.7. The number of benzene rings is 2. The third-order valence-electron chi connectivity index (χ3n) is 8.09. The summed E-state index contributed by atoms with van der Waals surface area (Å²) in [6.45, 7) is -1.92. The summed E-state index contributed by atoms with van der Waals surface area (Å²) >= 11 is 12.2. The van der Waals surface area contributed by atoms with Crippen molar-refractivity contribution in [3.63, 3.8) is 0 Å². The van der Waals surface area contributed by atoms with Gasteiger partial charge in [0.15, 0.2) is 22.7 Å². The molecule has 1 saturated heterocycles. The summed E-state index contributed by atoms with van der Waals surface area (Å²) in [6, 6.07) is 11.9. The Labute approximate surface area is 255 Å². The van der Waals surface area contributed by atoms with Crippen molar-refractivity contribution in [3.05, 3.63) is 58.1 Å². The van der Waals surface area contributed by atoms with Crippen LogP contribution < -0.4 is 10.1 Å². The van der Waals surface area contributed by atoms with Gasteiger partial charge in [-0.2, -0.15) is 18.4 Å². The Morgan fingerprint density at radius 3 is 2.30 bits per heavy atom. The minimum absolute atomic E-state index is 0.274. The van der Waals surface area contributed by atoms with Crippen LogP contribution in [0.15, 0.2) is 47.4 Å². The first kappa shape index (κ1) is 31.2. The molecule has 5 rings (SSSR count). The van der Waals surface area contributed by atoms with E-state index < -0.39 is 57.1 Å². The number of hydrogen-bond donors (Lipinski definition) is 1. The van der Waals surface area contributed by atoms with Gasteiger partial charge in [0.2, 0.25) is 5.91 Å². The lowest BCUT2D eigenvalue weighted by atomic mass is 9.63. The Morgan fingerprint density at radius 2 is 1.77 bits per heavy atom. The molecule has 2 aromatic rings. The SMILES string of the molecule is N#CC1(NC(=O)O[C@H]2C[C@@H](S(=O)(=O)c3ccc(OCC(F)(F)F)cc3Cl)CN2C(=O)C2(c3ccc(Cl)cc3)CCC2)CC1. The smallest absolute Gasteiger partial charge is 0.422 e. The number of carbonyl (C=O) groups is 2. The molecule has 2 aliphatic carbocycles. The molecule has 43 heavy (non-hydrogen) atoms. The highest BCUT2D eigenvalue weighted by Crippen LogP contribution is 2.47. The van der Waals surface area contributed by atoms with Crippen molar-refractivity contribution >= 4 is 45.0 Å². The third kappa shape index (κ3) is 6.37. The van der Waals surface area contributed by atoms with E-state index in [1.54, 1.807) is 24.3 Å². The molecule has 0 bridgehead atoms. The van der Waals surface area contributed by atoms with E-state index in [1.807, 2.05) is 6.07 Å². The average Bonchev–Trinajstić information content (AvgIpc) is 3.55. The molecule has 3 fully saturated rings. The highest BCUT2D eigenvalue weighted by atomic mass is 35.5. The van der Waals surface area contributed by atoms with Crippen molar-refractivity contribution in [1.29, 1.82) is 5.26 Å². The number of amides is 2. The molecule has 3 aliphatic rings. The van der Waals surface area contributed by atoms with Gasteiger partial charge in [-0.15, -0.1) is 0 Å². The molecule has 9 nitrogen and oxygen atoms in total. The number of nitrogens with zero attached hydrogens (tertiary/aromatic N) is 2. The average molecular weight is 660 g/mol. The van der Waals surface area contributed by atoms with Crippen LogP contribution in [0.2, 0.25) is 10.0 Å². The topological polar surface area (TPSA) is 126 Å². The number of likely N-dealkylation sites (tertiary alicyclic amines) is 1. The van der Waals surface area contributed by atoms with Gasteiger partial charge in [0.05, 0.1) is 26.7 Å². The minimum atomic E-state index is -4.60. The molecule has 0 unspecified atom stereocenters. The second-order valence-electron chi connectivity index (χ2n) is 11.0. The van der Waals surface area contributed by atoms with Crippen LogP contribution in [-0.2, 0) is 24.8 Å². The van der Waals surface area contributed by atoms with Gasteiger partial charge in [0.25, 0.3) is 0 Å². The number of hydrogen-bond acceptors (Lipinski definition) is 7. The molecule has 0 radical (unpaired) electrons. The molecule has 1 heterocycles. The lowest BCUT2D eigenvalue weighted by Crippen LogP contribution is -2.54. The van der Waals surface area contributed by atoms with Crippen molar-refractivity contribution in [3.8, 4) is 11.8 Å². The van der Waals surface area contributed by atoms with Gasteiger partial charge in [0.1, 0.15) is 11.3 Å². The zero-order valence-electron chi connectivity index (χ0n) is 22.5. The number of carbonyl (C=O) groups excluding carboxylic acids is 2. The molecular formula is C28H26Cl2F3N3O6S. The predicted octanol–water partition coefficient (Wildman–Crippen LogP) is 5.54. The molecule has 1 aliphatic heterocycles. The molecule has 15 heteroatoms. The van der Waals surface area contributed by atoms with Gasteiger partial charge >= 0.3 is 12.3 Å². The first-order valence-electron chi connectivity index (χ1n) is 13.4. The summed E-state index contributed by atoms with van der Waals surface area (Å²) < 4.78 is 75.4. The summed E-state index contributed by atoms with van der Waals surface area (Å²) in [5.74, 6) is -0.691. The molecule has 2 aromatic carbocycles. The van der Waals surface area contributed by atoms with Crippen molar-refractivity contribution in [2.24, 2.45) is 0 Å². The number of alkyl halides is 3. The summed E-state index contributed by atoms with van der Waals surface area (Å²) in [4.78, 5) is 27.8. The molecule has 0 aromatic heterocycles. The van der Waals surface area contributed by atoms with Gasteiger partial charge in [-0.1, -0.05) is 41.8 Å². The second kappa shape index (κ2) is 11.4. The van der Waals surface area contributed by atoms with E-state index in [0.717, 1.165) is 24.6 Å². The monoisotopic (exact) mass is 659 g/mol. The highest BCUT2D eigenvalue weighted by Gasteiger charge is 2.54. The summed E-state index contributed by atoms with van der Waals surface area (Å²) in [7, 11) is -4.28. The van der Waals surface area contributed by atoms with E-state index in [9.17, 15) is 36.4 Å². The van der Waals surface area contributed by atoms with Crippen LogP contribution >= 0.6 is 23.2 Å². The molecule has 1 N–H and O–H groups in total. The standard InChI is InChI=1S/C28H26Cl2F3N3O6S/c29-18-4-2-17(3-5-18)27(8-1-9-27)24(37)36-14-20(13-23(36)42-25(38)35-26(15-34)10-11-26)43(39,40)22-7-6-19(12-21(22)30)41-16-28(31,32)33/h2-7,12,20,23H,1,8-11,13-14,16H2,(H,35,38)/t20-,23+/m1/s1. The zero-order chi connectivity index (χ0) is 31.2. The first-order chi connectivity index (χ1) is 20.2. The van der Waals surface area contributed by atoms with E-state index >= 15 is 0 Å². The van der Waals surface area contributed by atoms with E-state index in [4.69, 9.17) is 27.9 Å². The van der Waals surface area contributed by atoms with Crippen LogP contribution in [0.4, 0.5) is 18.0 Å². The van der Waals surface area contributed by atoms with Crippen LogP contribution in [0.3, 0.4) is 0 Å². The molecule has 2 amide bonds. The maximum Gasteiger partial charge on any atom is 0.422 e. The zero-order valence-corrected chi connectivity index (χ0v) is 24.8. The second-order valence-corrected chi connectivity index (χ2v) is 14.0. The van der Waals surface area contributed by atoms with Crippen LogP contribution in [0, 0.1) is 11.3 Å². The Hall–Kier alpha value is -3.21. The van der Waals surface area contributed by atoms with Crippen molar-refractivity contribution in [1.82, 2.24) is 10.2 Å². The number of halogens is 5. The minimum Gasteiger partial charge on any atom is -0.484 e. The van der Waals surface area contributed by atoms with Crippen molar-refractivity contribution < 1.29 is 40.7 Å². The number of rotatable bonds is 8. The van der Waals surface area contributed by atoms with Gasteiger partial charge < -0.3 is 19.7 Å². The van der Waals surface area contributed by atoms with Crippen molar-refractivity contribution in [2.75, 3.05) is 13.2 Å². The van der Waals surface area contributed by atoms with Gasteiger partial charge in [-0.05, 0) is 55.5 Å². The molecule has 2 atom stereocenters. The first-order valence-corrected chi connectivity index (χ1v) is 15.7. The Bertz CT molecular complexity index is 1570. The van der Waals surface area contributed by atoms with Crippen LogP contribution in [0.1, 0.15) is 44.1 Å². The normalized spacial score (nSPS) is 22.2. The fourth-order valence-electron chi connectivity index (χ4n) is 5.40. The number of alkyl carbamates (subject to hydrolysis) is 1. The van der Waals surface area contributed by atoms with E-state index in [-0.39, 0.29) is 28.6 Å². The fraction of sp³-hybridized carbons (Fsp3) is 0.464. The molecular weight excluding hydrogens is 634 g/mol. The number of nitrogens with one attached hydrogen (secondary N) is 1. The fourth-order valence-corrected chi connectivity index (χ4v) is 7.74. The van der Waals surface area contributed by atoms with E-state index in [1.165, 1.54) is 4.90 Å².